The van der Waals surface area contributed by atoms with E-state index in [1.54, 1.807) is 11.3 Å². The number of likely N-dealkylation sites (N-methyl/N-ethyl adjacent to an activating group) is 1. The van der Waals surface area contributed by atoms with Crippen LogP contribution in [0.2, 0.25) is 0 Å². The average molecular weight is 400 g/mol. The molecular formula is C20H30ClNO3S. The molecule has 0 amide bonds. The predicted octanol–water partition coefficient (Wildman–Crippen LogP) is 4.40. The highest BCUT2D eigenvalue weighted by Crippen LogP contribution is 2.21. The minimum absolute atomic E-state index is 0. The lowest BCUT2D eigenvalue weighted by Gasteiger charge is -2.20. The van der Waals surface area contributed by atoms with E-state index in [4.69, 9.17) is 9.47 Å². The van der Waals surface area contributed by atoms with Gasteiger partial charge in [-0.3, -0.25) is 4.79 Å². The molecule has 0 bridgehead atoms. The van der Waals surface area contributed by atoms with Crippen molar-refractivity contribution in [3.8, 4) is 0 Å². The van der Waals surface area contributed by atoms with Crippen LogP contribution in [-0.4, -0.2) is 50.8 Å². The smallest absolute Gasteiger partial charge is 0.311 e. The summed E-state index contributed by atoms with van der Waals surface area (Å²) in [4.78, 5) is 13.8. The summed E-state index contributed by atoms with van der Waals surface area (Å²) in [6.07, 6.45) is 0.929. The molecule has 1 aromatic carbocycles. The van der Waals surface area contributed by atoms with E-state index < -0.39 is 5.41 Å². The summed E-state index contributed by atoms with van der Waals surface area (Å²) in [6, 6.07) is 8.76. The van der Waals surface area contributed by atoms with Crippen LogP contribution in [0.5, 0.6) is 0 Å². The SMILES string of the molecule is CN(CCOCCc1ccc2sccc2c1)CCOC(=O)C(C)(C)C.Cl. The van der Waals surface area contributed by atoms with Crippen molar-refractivity contribution < 1.29 is 14.3 Å². The van der Waals surface area contributed by atoms with Crippen LogP contribution in [0, 0.1) is 5.41 Å². The maximum absolute atomic E-state index is 11.7. The van der Waals surface area contributed by atoms with Gasteiger partial charge in [0.25, 0.3) is 0 Å². The highest BCUT2D eigenvalue weighted by molar-refractivity contribution is 7.17. The Kier molecular flexibility index (Phi) is 9.58. The fourth-order valence-corrected chi connectivity index (χ4v) is 3.08. The molecule has 0 aliphatic rings. The molecule has 0 aliphatic carbocycles. The number of carbonyl (C=O) groups is 1. The van der Waals surface area contributed by atoms with E-state index in [1.807, 2.05) is 27.8 Å². The van der Waals surface area contributed by atoms with Crippen LogP contribution in [0.3, 0.4) is 0 Å². The second-order valence-corrected chi connectivity index (χ2v) is 8.29. The molecule has 0 fully saturated rings. The lowest BCUT2D eigenvalue weighted by Crippen LogP contribution is -2.30. The van der Waals surface area contributed by atoms with Crippen LogP contribution in [0.15, 0.2) is 29.6 Å². The monoisotopic (exact) mass is 399 g/mol. The van der Waals surface area contributed by atoms with Crippen molar-refractivity contribution in [2.24, 2.45) is 5.41 Å². The van der Waals surface area contributed by atoms with E-state index in [2.05, 4.69) is 34.5 Å². The summed E-state index contributed by atoms with van der Waals surface area (Å²) < 4.78 is 12.3. The third-order valence-corrected chi connectivity index (χ3v) is 4.89. The Balaban J connectivity index is 0.00000338. The first-order valence-electron chi connectivity index (χ1n) is 8.76. The van der Waals surface area contributed by atoms with Crippen LogP contribution in [-0.2, 0) is 20.7 Å². The Bertz CT molecular complexity index is 681. The number of carbonyl (C=O) groups excluding carboxylic acids is 1. The minimum atomic E-state index is -0.437. The molecule has 0 atom stereocenters. The van der Waals surface area contributed by atoms with E-state index in [1.165, 1.54) is 15.6 Å². The first kappa shape index (κ1) is 22.9. The maximum atomic E-state index is 11.7. The van der Waals surface area contributed by atoms with Crippen LogP contribution >= 0.6 is 23.7 Å². The van der Waals surface area contributed by atoms with Gasteiger partial charge in [-0.1, -0.05) is 12.1 Å². The topological polar surface area (TPSA) is 38.8 Å². The fourth-order valence-electron chi connectivity index (χ4n) is 2.31. The Labute approximate surface area is 166 Å². The van der Waals surface area contributed by atoms with E-state index in [0.717, 1.165) is 26.1 Å². The van der Waals surface area contributed by atoms with Gasteiger partial charge in [-0.15, -0.1) is 23.7 Å². The molecule has 1 aromatic heterocycles. The molecule has 26 heavy (non-hydrogen) atoms. The van der Waals surface area contributed by atoms with Gasteiger partial charge in [0.1, 0.15) is 6.61 Å². The Hall–Kier alpha value is -1.14. The molecule has 0 spiro atoms. The van der Waals surface area contributed by atoms with Gasteiger partial charge in [0, 0.05) is 17.8 Å². The van der Waals surface area contributed by atoms with Crippen molar-refractivity contribution in [1.82, 2.24) is 4.90 Å². The average Bonchev–Trinajstić information content (AvgIpc) is 3.01. The summed E-state index contributed by atoms with van der Waals surface area (Å²) in [5.41, 5.74) is 0.876. The van der Waals surface area contributed by atoms with E-state index in [-0.39, 0.29) is 18.4 Å². The van der Waals surface area contributed by atoms with E-state index >= 15 is 0 Å². The van der Waals surface area contributed by atoms with Crippen molar-refractivity contribution in [2.75, 3.05) is 40.0 Å². The highest BCUT2D eigenvalue weighted by Gasteiger charge is 2.22. The summed E-state index contributed by atoms with van der Waals surface area (Å²) in [5, 5.41) is 3.44. The van der Waals surface area contributed by atoms with Crippen molar-refractivity contribution >= 4 is 39.8 Å². The lowest BCUT2D eigenvalue weighted by atomic mass is 9.97. The van der Waals surface area contributed by atoms with Gasteiger partial charge < -0.3 is 14.4 Å². The summed E-state index contributed by atoms with van der Waals surface area (Å²) >= 11 is 1.77. The summed E-state index contributed by atoms with van der Waals surface area (Å²) in [7, 11) is 2.01. The number of nitrogens with zero attached hydrogens (tertiary/aromatic N) is 1. The molecule has 2 aromatic rings. The molecule has 0 aliphatic heterocycles. The molecule has 0 unspecified atom stereocenters. The fraction of sp³-hybridized carbons (Fsp3) is 0.550. The Morgan fingerprint density at radius 2 is 1.85 bits per heavy atom. The first-order chi connectivity index (χ1) is 11.9. The Morgan fingerprint density at radius 3 is 2.58 bits per heavy atom. The van der Waals surface area contributed by atoms with Crippen LogP contribution < -0.4 is 0 Å². The largest absolute Gasteiger partial charge is 0.464 e. The van der Waals surface area contributed by atoms with Crippen molar-refractivity contribution in [3.05, 3.63) is 35.2 Å². The number of rotatable bonds is 9. The van der Waals surface area contributed by atoms with Gasteiger partial charge in [0.15, 0.2) is 0 Å². The lowest BCUT2D eigenvalue weighted by molar-refractivity contribution is -0.153. The van der Waals surface area contributed by atoms with Crippen LogP contribution in [0.4, 0.5) is 0 Å². The molecule has 1 heterocycles. The standard InChI is InChI=1S/C20H29NO3S.ClH/c1-20(2,3)19(22)24-13-10-21(4)9-12-23-11-7-16-5-6-18-17(15-16)8-14-25-18;/h5-6,8,14-15H,7,9-13H2,1-4H3;1H. The molecule has 6 heteroatoms. The van der Waals surface area contributed by atoms with Crippen molar-refractivity contribution in [3.63, 3.8) is 0 Å². The second kappa shape index (κ2) is 10.9. The third-order valence-electron chi connectivity index (χ3n) is 3.99. The van der Waals surface area contributed by atoms with Gasteiger partial charge in [-0.2, -0.15) is 0 Å². The zero-order chi connectivity index (χ0) is 18.3. The van der Waals surface area contributed by atoms with Gasteiger partial charge in [-0.05, 0) is 62.7 Å². The number of halogens is 1. The molecule has 0 saturated carbocycles. The van der Waals surface area contributed by atoms with E-state index in [0.29, 0.717) is 13.2 Å². The quantitative estimate of drug-likeness (QED) is 0.462. The zero-order valence-electron chi connectivity index (χ0n) is 16.1. The molecular weight excluding hydrogens is 370 g/mol. The number of hydrogen-bond donors (Lipinski definition) is 0. The minimum Gasteiger partial charge on any atom is -0.464 e. The summed E-state index contributed by atoms with van der Waals surface area (Å²) in [6.45, 7) is 8.98. The van der Waals surface area contributed by atoms with Crippen LogP contribution in [0.25, 0.3) is 10.1 Å². The molecule has 146 valence electrons. The normalized spacial score (nSPS) is 11.6. The first-order valence-corrected chi connectivity index (χ1v) is 9.64. The predicted molar refractivity (Wildman–Crippen MR) is 112 cm³/mol. The van der Waals surface area contributed by atoms with Gasteiger partial charge in [0.05, 0.1) is 18.6 Å². The number of ether oxygens (including phenoxy) is 2. The van der Waals surface area contributed by atoms with Crippen LogP contribution in [0.1, 0.15) is 26.3 Å². The van der Waals surface area contributed by atoms with Gasteiger partial charge in [0.2, 0.25) is 0 Å². The zero-order valence-corrected chi connectivity index (χ0v) is 17.8. The second-order valence-electron chi connectivity index (χ2n) is 7.34. The summed E-state index contributed by atoms with van der Waals surface area (Å²) in [5.74, 6) is -0.153. The Morgan fingerprint density at radius 1 is 1.12 bits per heavy atom. The maximum Gasteiger partial charge on any atom is 0.311 e. The molecule has 0 saturated heterocycles. The molecule has 2 rings (SSSR count). The number of benzene rings is 1. The van der Waals surface area contributed by atoms with Crippen molar-refractivity contribution in [2.45, 2.75) is 27.2 Å². The molecule has 4 nitrogen and oxygen atoms in total. The third kappa shape index (κ3) is 7.62. The number of thiophene rings is 1. The molecule has 0 N–H and O–H groups in total. The highest BCUT2D eigenvalue weighted by atomic mass is 35.5. The van der Waals surface area contributed by atoms with Gasteiger partial charge >= 0.3 is 5.97 Å². The number of hydrogen-bond acceptors (Lipinski definition) is 5. The number of fused-ring (bicyclic) bond motifs is 1. The number of esters is 1. The van der Waals surface area contributed by atoms with Crippen molar-refractivity contribution in [1.29, 1.82) is 0 Å². The van der Waals surface area contributed by atoms with E-state index in [9.17, 15) is 4.79 Å². The van der Waals surface area contributed by atoms with Gasteiger partial charge in [-0.25, -0.2) is 0 Å². The molecule has 0 radical (unpaired) electrons.